The van der Waals surface area contributed by atoms with E-state index in [1.807, 2.05) is 39.2 Å². The molecule has 0 fully saturated rings. The Morgan fingerprint density at radius 2 is 1.95 bits per heavy atom. The Balaban J connectivity index is 1.14. The van der Waals surface area contributed by atoms with Gasteiger partial charge in [0.1, 0.15) is 5.69 Å². The van der Waals surface area contributed by atoms with Crippen molar-refractivity contribution in [1.82, 2.24) is 19.7 Å². The minimum Gasteiger partial charge on any atom is -0.323 e. The number of fused-ring (bicyclic) bond motifs is 3. The summed E-state index contributed by atoms with van der Waals surface area (Å²) in [5.41, 5.74) is 9.03. The lowest BCUT2D eigenvalue weighted by Crippen LogP contribution is -2.42. The van der Waals surface area contributed by atoms with Crippen LogP contribution in [0.3, 0.4) is 0 Å². The number of hydrogen-bond donors (Lipinski definition) is 1. The fourth-order valence-corrected chi connectivity index (χ4v) is 7.70. The summed E-state index contributed by atoms with van der Waals surface area (Å²) >= 11 is 0. The van der Waals surface area contributed by atoms with Crippen LogP contribution < -0.4 is 9.62 Å². The van der Waals surface area contributed by atoms with E-state index in [0.29, 0.717) is 6.54 Å². The molecular weight excluding hydrogens is 516 g/mol. The molecule has 3 atom stereocenters. The average Bonchev–Trinajstić information content (AvgIpc) is 3.51. The predicted molar refractivity (Wildman–Crippen MR) is 160 cm³/mol. The van der Waals surface area contributed by atoms with Crippen molar-refractivity contribution in [1.29, 1.82) is 0 Å². The molecule has 0 saturated carbocycles. The second kappa shape index (κ2) is 9.70. The molecule has 0 amide bonds. The number of anilines is 1. The molecule has 0 bridgehead atoms. The molecule has 1 spiro atoms. The Bertz CT molecular complexity index is 1570. The van der Waals surface area contributed by atoms with Crippen LogP contribution in [0.1, 0.15) is 86.4 Å². The summed E-state index contributed by atoms with van der Waals surface area (Å²) in [6, 6.07) is 12.9. The minimum atomic E-state index is -1.14. The normalized spacial score (nSPS) is 24.3. The van der Waals surface area contributed by atoms with Crippen LogP contribution >= 0.6 is 0 Å². The van der Waals surface area contributed by atoms with Gasteiger partial charge in [0, 0.05) is 12.7 Å². The van der Waals surface area contributed by atoms with E-state index in [-0.39, 0.29) is 16.2 Å². The SMILES string of the molecule is CC(C)(C)[S@@](=O)NC1c2ccccc2CC12CC=C(c1cnc3c(n1)CN=C3N1CCCc3ncccc31)CC2. The Morgan fingerprint density at radius 3 is 2.77 bits per heavy atom. The van der Waals surface area contributed by atoms with Crippen molar-refractivity contribution in [3.05, 3.63) is 88.8 Å². The molecule has 40 heavy (non-hydrogen) atoms. The molecule has 3 aromatic rings. The maximum Gasteiger partial charge on any atom is 0.156 e. The molecule has 2 aromatic heterocycles. The van der Waals surface area contributed by atoms with E-state index in [0.717, 1.165) is 79.4 Å². The Morgan fingerprint density at radius 1 is 1.07 bits per heavy atom. The van der Waals surface area contributed by atoms with Crippen LogP contribution in [0.2, 0.25) is 0 Å². The number of pyridine rings is 1. The lowest BCUT2D eigenvalue weighted by molar-refractivity contribution is 0.212. The Hall–Kier alpha value is -3.23. The first-order chi connectivity index (χ1) is 19.3. The van der Waals surface area contributed by atoms with Gasteiger partial charge in [-0.15, -0.1) is 0 Å². The van der Waals surface area contributed by atoms with E-state index in [4.69, 9.17) is 15.0 Å². The number of aromatic nitrogens is 3. The van der Waals surface area contributed by atoms with Gasteiger partial charge in [-0.1, -0.05) is 30.3 Å². The maximum atomic E-state index is 13.2. The van der Waals surface area contributed by atoms with Gasteiger partial charge >= 0.3 is 0 Å². The van der Waals surface area contributed by atoms with Crippen molar-refractivity contribution in [3.63, 3.8) is 0 Å². The molecule has 4 heterocycles. The number of aliphatic imine (C=N–C) groups is 1. The summed E-state index contributed by atoms with van der Waals surface area (Å²) < 4.78 is 16.4. The van der Waals surface area contributed by atoms with Gasteiger partial charge in [0.15, 0.2) is 5.84 Å². The molecule has 2 unspecified atom stereocenters. The molecule has 1 N–H and O–H groups in total. The van der Waals surface area contributed by atoms with E-state index < -0.39 is 11.0 Å². The largest absolute Gasteiger partial charge is 0.323 e. The Kier molecular flexibility index (Phi) is 6.24. The van der Waals surface area contributed by atoms with E-state index in [1.54, 1.807) is 0 Å². The number of nitrogens with zero attached hydrogens (tertiary/aromatic N) is 5. The zero-order valence-electron chi connectivity index (χ0n) is 23.5. The predicted octanol–water partition coefficient (Wildman–Crippen LogP) is 5.49. The van der Waals surface area contributed by atoms with Gasteiger partial charge in [0.25, 0.3) is 0 Å². The van der Waals surface area contributed by atoms with Gasteiger partial charge in [-0.25, -0.2) is 18.9 Å². The number of hydrogen-bond acceptors (Lipinski definition) is 6. The molecular formula is C32H36N6OS. The average molecular weight is 553 g/mol. The van der Waals surface area contributed by atoms with Crippen LogP contribution in [0.4, 0.5) is 5.69 Å². The molecule has 8 heteroatoms. The summed E-state index contributed by atoms with van der Waals surface area (Å²) in [7, 11) is -1.14. The van der Waals surface area contributed by atoms with Crippen molar-refractivity contribution < 1.29 is 4.21 Å². The van der Waals surface area contributed by atoms with Crippen LogP contribution in [-0.2, 0) is 30.4 Å². The molecule has 7 rings (SSSR count). The molecule has 0 radical (unpaired) electrons. The topological polar surface area (TPSA) is 83.4 Å². The molecule has 7 nitrogen and oxygen atoms in total. The van der Waals surface area contributed by atoms with Gasteiger partial charge in [-0.3, -0.25) is 9.98 Å². The highest BCUT2D eigenvalue weighted by Gasteiger charge is 2.47. The van der Waals surface area contributed by atoms with Crippen molar-refractivity contribution in [2.24, 2.45) is 10.4 Å². The van der Waals surface area contributed by atoms with E-state index in [9.17, 15) is 4.21 Å². The highest BCUT2D eigenvalue weighted by atomic mass is 32.2. The third kappa shape index (κ3) is 4.32. The van der Waals surface area contributed by atoms with Crippen LogP contribution in [0.25, 0.3) is 5.57 Å². The number of rotatable bonds is 3. The van der Waals surface area contributed by atoms with Crippen molar-refractivity contribution >= 4 is 28.1 Å². The third-order valence-corrected chi connectivity index (χ3v) is 10.5. The number of amidine groups is 1. The van der Waals surface area contributed by atoms with Gasteiger partial charge in [0.05, 0.1) is 57.3 Å². The van der Waals surface area contributed by atoms with Crippen molar-refractivity contribution in [3.8, 4) is 0 Å². The monoisotopic (exact) mass is 552 g/mol. The summed E-state index contributed by atoms with van der Waals surface area (Å²) in [6.45, 7) is 7.58. The number of benzene rings is 1. The standard InChI is InChI=1S/C32H36N6OS/c1-31(2,3)40(39)37-29-23-9-5-4-8-22(23)18-32(29)14-12-21(13-15-32)25-19-34-28-26(36-25)20-35-30(28)38-17-7-10-24-27(38)11-6-16-33-24/h4-6,8-9,11-12,16,19,29,37H,7,10,13-15,17-18,20H2,1-3H3/t29?,32?,40-/m1/s1. The van der Waals surface area contributed by atoms with Crippen molar-refractivity contribution in [2.75, 3.05) is 11.4 Å². The smallest absolute Gasteiger partial charge is 0.156 e. The van der Waals surface area contributed by atoms with Gasteiger partial charge in [0.2, 0.25) is 0 Å². The second-order valence-corrected chi connectivity index (χ2v) is 14.5. The lowest BCUT2D eigenvalue weighted by atomic mass is 9.70. The molecule has 0 saturated heterocycles. The van der Waals surface area contributed by atoms with Crippen LogP contribution in [0, 0.1) is 5.41 Å². The minimum absolute atomic E-state index is 0.0181. The first-order valence-electron chi connectivity index (χ1n) is 14.4. The maximum absolute atomic E-state index is 13.2. The van der Waals surface area contributed by atoms with Gasteiger partial charge in [-0.2, -0.15) is 0 Å². The summed E-state index contributed by atoms with van der Waals surface area (Å²) in [6.07, 6.45) is 12.1. The molecule has 2 aliphatic carbocycles. The summed E-state index contributed by atoms with van der Waals surface area (Å²) in [5.74, 6) is 0.920. The fourth-order valence-electron chi connectivity index (χ4n) is 6.76. The zero-order valence-corrected chi connectivity index (χ0v) is 24.3. The lowest BCUT2D eigenvalue weighted by Gasteiger charge is -2.39. The zero-order chi connectivity index (χ0) is 27.5. The highest BCUT2D eigenvalue weighted by molar-refractivity contribution is 7.84. The summed E-state index contributed by atoms with van der Waals surface area (Å²) in [4.78, 5) is 21.7. The van der Waals surface area contributed by atoms with Crippen LogP contribution in [0.5, 0.6) is 0 Å². The highest BCUT2D eigenvalue weighted by Crippen LogP contribution is 2.54. The molecule has 206 valence electrons. The van der Waals surface area contributed by atoms with Crippen LogP contribution in [0.15, 0.2) is 59.9 Å². The van der Waals surface area contributed by atoms with Crippen LogP contribution in [-0.4, -0.2) is 36.3 Å². The number of allylic oxidation sites excluding steroid dienone is 2. The van der Waals surface area contributed by atoms with E-state index in [1.165, 1.54) is 16.7 Å². The molecule has 4 aliphatic rings. The first-order valence-corrected chi connectivity index (χ1v) is 15.5. The number of aryl methyl sites for hydroxylation is 1. The van der Waals surface area contributed by atoms with Crippen molar-refractivity contribution in [2.45, 2.75) is 76.6 Å². The summed E-state index contributed by atoms with van der Waals surface area (Å²) in [5, 5.41) is 0. The van der Waals surface area contributed by atoms with E-state index >= 15 is 0 Å². The first kappa shape index (κ1) is 25.7. The molecule has 1 aromatic carbocycles. The Labute approximate surface area is 238 Å². The quantitative estimate of drug-likeness (QED) is 0.465. The number of nitrogens with one attached hydrogen (secondary N) is 1. The van der Waals surface area contributed by atoms with E-state index in [2.05, 4.69) is 51.0 Å². The fraction of sp³-hybridized carbons (Fsp3) is 0.438. The second-order valence-electron chi connectivity index (χ2n) is 12.5. The molecule has 2 aliphatic heterocycles. The van der Waals surface area contributed by atoms with Gasteiger partial charge < -0.3 is 4.90 Å². The van der Waals surface area contributed by atoms with Gasteiger partial charge in [-0.05, 0) is 93.5 Å². The third-order valence-electron chi connectivity index (χ3n) is 8.92.